The minimum absolute atomic E-state index is 0.0566. The van der Waals surface area contributed by atoms with Gasteiger partial charge in [-0.05, 0) is 5.57 Å². The number of oxime groups is 1. The van der Waals surface area contributed by atoms with Gasteiger partial charge in [-0.25, -0.2) is 14.9 Å². The molecule has 0 saturated carbocycles. The molecule has 2 aliphatic rings. The van der Waals surface area contributed by atoms with E-state index in [2.05, 4.69) is 40.7 Å². The molecule has 4 rings (SSSR count). The number of carbonyl (C=O) groups is 5. The predicted molar refractivity (Wildman–Crippen MR) is 147 cm³/mol. The molecule has 1 fully saturated rings. The summed E-state index contributed by atoms with van der Waals surface area (Å²) in [5.74, 6) is -3.15. The van der Waals surface area contributed by atoms with Crippen molar-refractivity contribution in [3.63, 3.8) is 0 Å². The van der Waals surface area contributed by atoms with E-state index in [-0.39, 0.29) is 57.7 Å². The van der Waals surface area contributed by atoms with Crippen LogP contribution in [0, 0.1) is 0 Å². The number of nitrogens with zero attached hydrogens (tertiary/aromatic N) is 5. The maximum atomic E-state index is 13.0. The van der Waals surface area contributed by atoms with Gasteiger partial charge in [0.25, 0.3) is 11.8 Å². The first-order valence-corrected chi connectivity index (χ1v) is 14.5. The number of anilines is 2. The monoisotopic (exact) mass is 625 g/mol. The Balaban J connectivity index is 1.38. The number of hydrogen-bond donors (Lipinski definition) is 5. The number of hydrogen-bond acceptors (Lipinski definition) is 15. The lowest BCUT2D eigenvalue weighted by Gasteiger charge is -2.49. The first kappa shape index (κ1) is 29.8. The van der Waals surface area contributed by atoms with Crippen LogP contribution in [-0.2, 0) is 33.5 Å². The lowest BCUT2D eigenvalue weighted by Crippen LogP contribution is -2.71. The summed E-state index contributed by atoms with van der Waals surface area (Å²) in [6, 6.07) is -0.993. The zero-order chi connectivity index (χ0) is 29.7. The smallest absolute Gasteiger partial charge is 0.352 e. The van der Waals surface area contributed by atoms with Gasteiger partial charge >= 0.3 is 11.9 Å². The third kappa shape index (κ3) is 6.77. The Bertz CT molecular complexity index is 1440. The average molecular weight is 626 g/mol. The van der Waals surface area contributed by atoms with Gasteiger partial charge in [0.2, 0.25) is 17.0 Å². The number of ether oxygens (including phenoxy) is 1. The second kappa shape index (κ2) is 13.0. The molecule has 218 valence electrons. The van der Waals surface area contributed by atoms with Gasteiger partial charge in [-0.2, -0.15) is 4.98 Å². The quantitative estimate of drug-likeness (QED) is 0.0664. The van der Waals surface area contributed by atoms with Gasteiger partial charge < -0.3 is 25.7 Å². The summed E-state index contributed by atoms with van der Waals surface area (Å²) in [6.07, 6.45) is -0.195. The predicted octanol–water partition coefficient (Wildman–Crippen LogP) is -0.383. The minimum atomic E-state index is -1.29. The summed E-state index contributed by atoms with van der Waals surface area (Å²) in [4.78, 5) is 75.1. The Morgan fingerprint density at radius 3 is 2.73 bits per heavy atom. The summed E-state index contributed by atoms with van der Waals surface area (Å²) in [6.45, 7) is 0. The average Bonchev–Trinajstić information content (AvgIpc) is 3.59. The first-order chi connectivity index (χ1) is 19.6. The van der Waals surface area contributed by atoms with Gasteiger partial charge in [0, 0.05) is 23.3 Å². The van der Waals surface area contributed by atoms with Crippen LogP contribution in [0.5, 0.6) is 0 Å². The molecule has 2 atom stereocenters. The van der Waals surface area contributed by atoms with Crippen molar-refractivity contribution in [1.29, 1.82) is 0 Å². The number of methoxy groups -OCH3 is 1. The van der Waals surface area contributed by atoms with Crippen molar-refractivity contribution in [1.82, 2.24) is 30.4 Å². The number of aliphatic carboxylic acids is 1. The Morgan fingerprint density at radius 2 is 2.07 bits per heavy atom. The van der Waals surface area contributed by atoms with E-state index in [0.29, 0.717) is 5.57 Å². The number of carbonyl (C=O) groups excluding carboxylic acids is 4. The van der Waals surface area contributed by atoms with Crippen LogP contribution >= 0.6 is 34.9 Å². The second-order valence-electron chi connectivity index (χ2n) is 8.19. The zero-order valence-corrected chi connectivity index (χ0v) is 23.9. The highest BCUT2D eigenvalue weighted by atomic mass is 32.2. The lowest BCUT2D eigenvalue weighted by atomic mass is 10.0. The van der Waals surface area contributed by atoms with Crippen molar-refractivity contribution in [3.05, 3.63) is 22.3 Å². The van der Waals surface area contributed by atoms with E-state index >= 15 is 0 Å². The van der Waals surface area contributed by atoms with Crippen molar-refractivity contribution in [3.8, 4) is 0 Å². The van der Waals surface area contributed by atoms with Crippen LogP contribution in [0.1, 0.15) is 18.5 Å². The molecule has 4 heterocycles. The fourth-order valence-electron chi connectivity index (χ4n) is 3.73. The number of nitrogens with two attached hydrogens (primary N) is 1. The lowest BCUT2D eigenvalue weighted by molar-refractivity contribution is -0.150. The second-order valence-corrected chi connectivity index (χ2v) is 11.1. The molecule has 0 spiro atoms. The van der Waals surface area contributed by atoms with Crippen molar-refractivity contribution >= 4 is 81.3 Å². The van der Waals surface area contributed by atoms with Gasteiger partial charge in [-0.3, -0.25) is 29.4 Å². The normalized spacial score (nSPS) is 18.3. The number of carboxylic acids is 1. The Kier molecular flexibility index (Phi) is 9.45. The van der Waals surface area contributed by atoms with E-state index in [1.807, 2.05) is 0 Å². The topological polar surface area (TPSA) is 244 Å². The van der Waals surface area contributed by atoms with Crippen LogP contribution in [-0.4, -0.2) is 103 Å². The highest BCUT2D eigenvalue weighted by Crippen LogP contribution is 2.41. The molecule has 20 heteroatoms. The third-order valence-electron chi connectivity index (χ3n) is 5.58. The highest BCUT2D eigenvalue weighted by molar-refractivity contribution is 8.01. The number of amides is 3. The van der Waals surface area contributed by atoms with Crippen LogP contribution in [0.25, 0.3) is 0 Å². The number of fused-ring (bicyclic) bond motifs is 1. The molecule has 3 amide bonds. The molecule has 2 aromatic rings. The third-order valence-corrected chi connectivity index (χ3v) is 8.53. The first-order valence-electron chi connectivity index (χ1n) is 11.6. The number of esters is 1. The fourth-order valence-corrected chi connectivity index (χ4v) is 6.56. The highest BCUT2D eigenvalue weighted by Gasteiger charge is 2.54. The largest absolute Gasteiger partial charge is 0.477 e. The summed E-state index contributed by atoms with van der Waals surface area (Å²) in [7, 11) is 2.48. The Labute approximate surface area is 243 Å². The molecular weight excluding hydrogens is 602 g/mol. The van der Waals surface area contributed by atoms with Crippen LogP contribution < -0.4 is 16.4 Å². The SMILES string of the molecule is CON=C(C(=O)N[C@@H]1C(=O)N2C(C(=O)O)=C(CSc3n[nH]c(NC(=O)CCC(=O)OC)n3)CS[C@@H]12)c1csc(N)n1. The van der Waals surface area contributed by atoms with Gasteiger partial charge in [-0.15, -0.1) is 28.2 Å². The van der Waals surface area contributed by atoms with Crippen LogP contribution in [0.2, 0.25) is 0 Å². The number of aromatic amines is 1. The molecule has 2 aliphatic heterocycles. The molecule has 0 bridgehead atoms. The van der Waals surface area contributed by atoms with Crippen LogP contribution in [0.15, 0.2) is 27.0 Å². The number of aromatic nitrogens is 4. The van der Waals surface area contributed by atoms with Gasteiger partial charge in [-0.1, -0.05) is 16.9 Å². The molecular formula is C21H23N9O8S3. The molecule has 0 aromatic carbocycles. The standard InChI is InChI=1S/C21H23N9O8S3/c1-37-11(32)4-3-10(31)24-20-26-21(28-27-20)41-6-8-5-39-17-13(16(34)30(17)14(8)18(35)36)25-15(33)12(29-38-2)9-7-40-19(22)23-9/h7,13,17H,3-6H2,1-2H3,(H2,22,23)(H,25,33)(H,35,36)(H2,24,26,27,28,31)/t13-,17+/m1/s1. The maximum Gasteiger partial charge on any atom is 0.352 e. The fraction of sp³-hybridized carbons (Fsp3) is 0.381. The molecule has 1 saturated heterocycles. The van der Waals surface area contributed by atoms with Crippen LogP contribution in [0.3, 0.4) is 0 Å². The molecule has 17 nitrogen and oxygen atoms in total. The van der Waals surface area contributed by atoms with Gasteiger partial charge in [0.15, 0.2) is 10.8 Å². The number of carboxylic acid groups (broad SMARTS) is 1. The Hall–Kier alpha value is -4.17. The number of nitrogen functional groups attached to an aromatic ring is 1. The summed E-state index contributed by atoms with van der Waals surface area (Å²) < 4.78 is 4.49. The van der Waals surface area contributed by atoms with E-state index in [0.717, 1.165) is 28.0 Å². The summed E-state index contributed by atoms with van der Waals surface area (Å²) >= 11 is 3.49. The van der Waals surface area contributed by atoms with E-state index in [1.54, 1.807) is 0 Å². The number of H-pyrrole nitrogens is 1. The zero-order valence-electron chi connectivity index (χ0n) is 21.4. The number of nitrogens with one attached hydrogen (secondary N) is 3. The van der Waals surface area contributed by atoms with E-state index < -0.39 is 41.1 Å². The molecule has 2 aromatic heterocycles. The van der Waals surface area contributed by atoms with Crippen LogP contribution in [0.4, 0.5) is 11.1 Å². The number of thioether (sulfide) groups is 2. The van der Waals surface area contributed by atoms with Crippen molar-refractivity contribution < 1.29 is 38.7 Å². The summed E-state index contributed by atoms with van der Waals surface area (Å²) in [5.41, 5.74) is 5.91. The van der Waals surface area contributed by atoms with E-state index in [9.17, 15) is 29.1 Å². The molecule has 0 radical (unpaired) electrons. The molecule has 6 N–H and O–H groups in total. The van der Waals surface area contributed by atoms with E-state index in [4.69, 9.17) is 10.6 Å². The summed E-state index contributed by atoms with van der Waals surface area (Å²) in [5, 5.41) is 26.5. The molecule has 41 heavy (non-hydrogen) atoms. The molecule has 0 aliphatic carbocycles. The maximum absolute atomic E-state index is 13.0. The van der Waals surface area contributed by atoms with Crippen molar-refractivity contribution in [2.24, 2.45) is 5.16 Å². The molecule has 0 unspecified atom stereocenters. The van der Waals surface area contributed by atoms with Gasteiger partial charge in [0.05, 0.1) is 13.5 Å². The number of β-lactam (4-membered cyclic amide) rings is 1. The van der Waals surface area contributed by atoms with Gasteiger partial charge in [0.1, 0.15) is 29.9 Å². The minimum Gasteiger partial charge on any atom is -0.477 e. The van der Waals surface area contributed by atoms with Crippen molar-refractivity contribution in [2.45, 2.75) is 29.4 Å². The van der Waals surface area contributed by atoms with Crippen molar-refractivity contribution in [2.75, 3.05) is 36.8 Å². The Morgan fingerprint density at radius 1 is 1.29 bits per heavy atom. The number of thiazole rings is 1. The number of rotatable bonds is 12. The van der Waals surface area contributed by atoms with E-state index in [1.165, 1.54) is 31.4 Å².